The summed E-state index contributed by atoms with van der Waals surface area (Å²) in [6.45, 7) is 13.5. The van der Waals surface area contributed by atoms with E-state index in [9.17, 15) is 0 Å². The average molecular weight is 200 g/mol. The largest absolute Gasteiger partial charge is 0.313 e. The molecule has 2 atom stereocenters. The highest BCUT2D eigenvalue weighted by Crippen LogP contribution is 2.05. The van der Waals surface area contributed by atoms with Crippen LogP contribution < -0.4 is 5.32 Å². The highest BCUT2D eigenvalue weighted by Gasteiger charge is 2.09. The number of likely N-dealkylation sites (N-methyl/N-ethyl adjacent to an activating group) is 1. The molecular weight excluding hydrogens is 172 g/mol. The van der Waals surface area contributed by atoms with Crippen LogP contribution in [0.2, 0.25) is 0 Å². The highest BCUT2D eigenvalue weighted by atomic mass is 15.1. The van der Waals surface area contributed by atoms with Crippen molar-refractivity contribution in [3.8, 4) is 0 Å². The van der Waals surface area contributed by atoms with Gasteiger partial charge in [-0.3, -0.25) is 0 Å². The minimum absolute atomic E-state index is 0.639. The Kier molecular flexibility index (Phi) is 7.20. The van der Waals surface area contributed by atoms with E-state index in [0.29, 0.717) is 12.1 Å². The molecule has 0 spiro atoms. The highest BCUT2D eigenvalue weighted by molar-refractivity contribution is 4.68. The van der Waals surface area contributed by atoms with Crippen molar-refractivity contribution >= 4 is 0 Å². The summed E-state index contributed by atoms with van der Waals surface area (Å²) in [5, 5.41) is 3.58. The molecule has 0 heterocycles. The van der Waals surface area contributed by atoms with Crippen molar-refractivity contribution in [1.29, 1.82) is 0 Å². The maximum absolute atomic E-state index is 3.58. The van der Waals surface area contributed by atoms with Crippen LogP contribution in [0, 0.1) is 5.92 Å². The van der Waals surface area contributed by atoms with Crippen LogP contribution in [-0.2, 0) is 0 Å². The standard InChI is InChI=1S/C12H28N2/c1-7-11(4)12(5)13-8-9-14(6)10(2)3/h10-13H,7-9H2,1-6H3. The van der Waals surface area contributed by atoms with Gasteiger partial charge in [0.2, 0.25) is 0 Å². The molecule has 1 N–H and O–H groups in total. The van der Waals surface area contributed by atoms with Crippen molar-refractivity contribution in [3.63, 3.8) is 0 Å². The lowest BCUT2D eigenvalue weighted by Crippen LogP contribution is -2.39. The molecule has 0 bridgehead atoms. The van der Waals surface area contributed by atoms with E-state index in [0.717, 1.165) is 19.0 Å². The van der Waals surface area contributed by atoms with Crippen LogP contribution in [0.5, 0.6) is 0 Å². The monoisotopic (exact) mass is 200 g/mol. The van der Waals surface area contributed by atoms with Gasteiger partial charge in [-0.15, -0.1) is 0 Å². The first-order valence-electron chi connectivity index (χ1n) is 5.92. The van der Waals surface area contributed by atoms with Gasteiger partial charge < -0.3 is 10.2 Å². The summed E-state index contributed by atoms with van der Waals surface area (Å²) in [4.78, 5) is 2.37. The first kappa shape index (κ1) is 13.9. The summed E-state index contributed by atoms with van der Waals surface area (Å²) in [5.41, 5.74) is 0. The van der Waals surface area contributed by atoms with Crippen LogP contribution >= 0.6 is 0 Å². The first-order chi connectivity index (χ1) is 6.49. The van der Waals surface area contributed by atoms with E-state index in [1.165, 1.54) is 6.42 Å². The molecule has 0 saturated heterocycles. The second kappa shape index (κ2) is 7.24. The Morgan fingerprint density at radius 3 is 2.14 bits per heavy atom. The van der Waals surface area contributed by atoms with E-state index < -0.39 is 0 Å². The van der Waals surface area contributed by atoms with Gasteiger partial charge in [-0.05, 0) is 33.7 Å². The molecule has 0 aliphatic carbocycles. The fourth-order valence-corrected chi connectivity index (χ4v) is 1.28. The van der Waals surface area contributed by atoms with E-state index in [2.05, 4.69) is 51.9 Å². The fourth-order valence-electron chi connectivity index (χ4n) is 1.28. The zero-order valence-corrected chi connectivity index (χ0v) is 10.8. The molecule has 2 unspecified atom stereocenters. The van der Waals surface area contributed by atoms with E-state index >= 15 is 0 Å². The van der Waals surface area contributed by atoms with Gasteiger partial charge in [-0.25, -0.2) is 0 Å². The maximum atomic E-state index is 3.58. The number of hydrogen-bond donors (Lipinski definition) is 1. The molecule has 0 radical (unpaired) electrons. The third-order valence-corrected chi connectivity index (χ3v) is 3.31. The Labute approximate surface area is 90.1 Å². The van der Waals surface area contributed by atoms with Crippen LogP contribution in [0.15, 0.2) is 0 Å². The molecule has 0 fully saturated rings. The van der Waals surface area contributed by atoms with Crippen LogP contribution in [0.1, 0.15) is 41.0 Å². The number of nitrogens with zero attached hydrogens (tertiary/aromatic N) is 1. The molecule has 0 aromatic carbocycles. The third-order valence-electron chi connectivity index (χ3n) is 3.31. The van der Waals surface area contributed by atoms with Crippen molar-refractivity contribution in [1.82, 2.24) is 10.2 Å². The fraction of sp³-hybridized carbons (Fsp3) is 1.00. The second-order valence-electron chi connectivity index (χ2n) is 4.70. The van der Waals surface area contributed by atoms with Gasteiger partial charge in [0.25, 0.3) is 0 Å². The molecule has 0 rings (SSSR count). The Hall–Kier alpha value is -0.0800. The van der Waals surface area contributed by atoms with E-state index in [-0.39, 0.29) is 0 Å². The third kappa shape index (κ3) is 5.61. The molecule has 0 aromatic heterocycles. The van der Waals surface area contributed by atoms with Crippen LogP contribution in [0.4, 0.5) is 0 Å². The molecule has 0 aliphatic heterocycles. The van der Waals surface area contributed by atoms with Gasteiger partial charge in [-0.2, -0.15) is 0 Å². The zero-order chi connectivity index (χ0) is 11.1. The lowest BCUT2D eigenvalue weighted by atomic mass is 10.0. The number of rotatable bonds is 7. The topological polar surface area (TPSA) is 15.3 Å². The minimum Gasteiger partial charge on any atom is -0.313 e. The quantitative estimate of drug-likeness (QED) is 0.678. The Morgan fingerprint density at radius 1 is 1.14 bits per heavy atom. The predicted octanol–water partition coefficient (Wildman–Crippen LogP) is 2.35. The maximum Gasteiger partial charge on any atom is 0.0107 e. The first-order valence-corrected chi connectivity index (χ1v) is 5.92. The smallest absolute Gasteiger partial charge is 0.0107 e. The summed E-state index contributed by atoms with van der Waals surface area (Å²) in [6, 6.07) is 1.29. The van der Waals surface area contributed by atoms with Crippen LogP contribution in [-0.4, -0.2) is 37.1 Å². The van der Waals surface area contributed by atoms with Gasteiger partial charge in [0.1, 0.15) is 0 Å². The van der Waals surface area contributed by atoms with Gasteiger partial charge in [0.15, 0.2) is 0 Å². The van der Waals surface area contributed by atoms with Crippen molar-refractivity contribution in [3.05, 3.63) is 0 Å². The summed E-state index contributed by atoms with van der Waals surface area (Å²) >= 11 is 0. The molecule has 2 heteroatoms. The molecule has 86 valence electrons. The second-order valence-corrected chi connectivity index (χ2v) is 4.70. The summed E-state index contributed by atoms with van der Waals surface area (Å²) < 4.78 is 0. The zero-order valence-electron chi connectivity index (χ0n) is 10.8. The number of nitrogens with one attached hydrogen (secondary N) is 1. The summed E-state index contributed by atoms with van der Waals surface area (Å²) in [5.74, 6) is 0.777. The molecular formula is C12H28N2. The Morgan fingerprint density at radius 2 is 1.71 bits per heavy atom. The SMILES string of the molecule is CCC(C)C(C)NCCN(C)C(C)C. The molecule has 0 saturated carbocycles. The molecule has 0 aliphatic rings. The van der Waals surface area contributed by atoms with Crippen LogP contribution in [0.3, 0.4) is 0 Å². The normalized spacial score (nSPS) is 16.3. The van der Waals surface area contributed by atoms with Crippen molar-refractivity contribution in [2.75, 3.05) is 20.1 Å². The number of hydrogen-bond acceptors (Lipinski definition) is 2. The lowest BCUT2D eigenvalue weighted by Gasteiger charge is -2.24. The minimum atomic E-state index is 0.639. The molecule has 2 nitrogen and oxygen atoms in total. The van der Waals surface area contributed by atoms with Gasteiger partial charge in [0.05, 0.1) is 0 Å². The summed E-state index contributed by atoms with van der Waals surface area (Å²) in [7, 11) is 2.18. The van der Waals surface area contributed by atoms with Crippen molar-refractivity contribution in [2.24, 2.45) is 5.92 Å². The lowest BCUT2D eigenvalue weighted by molar-refractivity contribution is 0.262. The van der Waals surface area contributed by atoms with E-state index in [4.69, 9.17) is 0 Å². The van der Waals surface area contributed by atoms with E-state index in [1.54, 1.807) is 0 Å². The summed E-state index contributed by atoms with van der Waals surface area (Å²) in [6.07, 6.45) is 1.26. The Bertz CT molecular complexity index is 134. The van der Waals surface area contributed by atoms with Crippen molar-refractivity contribution < 1.29 is 0 Å². The molecule has 0 aromatic rings. The van der Waals surface area contributed by atoms with Gasteiger partial charge >= 0.3 is 0 Å². The van der Waals surface area contributed by atoms with Crippen molar-refractivity contribution in [2.45, 2.75) is 53.1 Å². The van der Waals surface area contributed by atoms with Gasteiger partial charge in [-0.1, -0.05) is 20.3 Å². The van der Waals surface area contributed by atoms with Gasteiger partial charge in [0, 0.05) is 25.2 Å². The predicted molar refractivity (Wildman–Crippen MR) is 64.7 cm³/mol. The van der Waals surface area contributed by atoms with Crippen LogP contribution in [0.25, 0.3) is 0 Å². The Balaban J connectivity index is 3.53. The molecule has 14 heavy (non-hydrogen) atoms. The average Bonchev–Trinajstić information content (AvgIpc) is 2.15. The molecule has 0 amide bonds. The van der Waals surface area contributed by atoms with E-state index in [1.807, 2.05) is 0 Å².